The van der Waals surface area contributed by atoms with Crippen molar-refractivity contribution in [2.75, 3.05) is 13.1 Å². The van der Waals surface area contributed by atoms with E-state index < -0.39 is 0 Å². The quantitative estimate of drug-likeness (QED) is 0.929. The van der Waals surface area contributed by atoms with E-state index in [9.17, 15) is 4.79 Å². The number of rotatable bonds is 3. The molecule has 0 spiro atoms. The molecule has 0 aliphatic carbocycles. The molecule has 112 valence electrons. The molecular weight excluding hydrogens is 270 g/mol. The predicted molar refractivity (Wildman–Crippen MR) is 75.5 cm³/mol. The van der Waals surface area contributed by atoms with Crippen LogP contribution in [-0.4, -0.2) is 38.8 Å². The summed E-state index contributed by atoms with van der Waals surface area (Å²) in [5, 5.41) is 11.0. The van der Waals surface area contributed by atoms with Gasteiger partial charge in [0.1, 0.15) is 17.9 Å². The molecule has 7 heteroatoms. The number of nitrogens with one attached hydrogen (secondary N) is 1. The minimum atomic E-state index is -0.0391. The summed E-state index contributed by atoms with van der Waals surface area (Å²) in [7, 11) is 1.96. The second-order valence-corrected chi connectivity index (χ2v) is 5.30. The van der Waals surface area contributed by atoms with Crippen LogP contribution >= 0.6 is 0 Å². The summed E-state index contributed by atoms with van der Waals surface area (Å²) >= 11 is 0. The Morgan fingerprint density at radius 3 is 2.90 bits per heavy atom. The maximum absolute atomic E-state index is 12.1. The fourth-order valence-corrected chi connectivity index (χ4v) is 2.69. The topological polar surface area (TPSA) is 76.2 Å². The lowest BCUT2D eigenvalue weighted by molar-refractivity contribution is 0.179. The van der Waals surface area contributed by atoms with Gasteiger partial charge >= 0.3 is 6.03 Å². The van der Waals surface area contributed by atoms with Gasteiger partial charge < -0.3 is 19.2 Å². The minimum Gasteiger partial charge on any atom is -0.467 e. The zero-order valence-corrected chi connectivity index (χ0v) is 12.0. The Balaban J connectivity index is 1.49. The fourth-order valence-electron chi connectivity index (χ4n) is 2.69. The number of carbonyl (C=O) groups is 1. The molecule has 2 aromatic rings. The van der Waals surface area contributed by atoms with E-state index in [2.05, 4.69) is 15.5 Å². The summed E-state index contributed by atoms with van der Waals surface area (Å²) < 4.78 is 7.15. The molecule has 1 saturated heterocycles. The second kappa shape index (κ2) is 5.99. The summed E-state index contributed by atoms with van der Waals surface area (Å²) in [5.74, 6) is 2.15. The molecule has 7 nitrogen and oxygen atoms in total. The monoisotopic (exact) mass is 289 g/mol. The summed E-state index contributed by atoms with van der Waals surface area (Å²) in [5.41, 5.74) is 0. The Kier molecular flexibility index (Phi) is 3.89. The number of likely N-dealkylation sites (tertiary alicyclic amines) is 1. The molecule has 0 unspecified atom stereocenters. The molecule has 1 fully saturated rings. The van der Waals surface area contributed by atoms with Crippen LogP contribution in [0.25, 0.3) is 0 Å². The number of furan rings is 1. The SMILES string of the molecule is Cn1cnnc1C1CCN(C(=O)NCc2ccco2)CC1. The molecule has 0 bridgehead atoms. The summed E-state index contributed by atoms with van der Waals surface area (Å²) in [6, 6.07) is 3.62. The normalized spacial score (nSPS) is 16.1. The number of nitrogens with zero attached hydrogens (tertiary/aromatic N) is 4. The van der Waals surface area contributed by atoms with Crippen LogP contribution in [0, 0.1) is 0 Å². The summed E-state index contributed by atoms with van der Waals surface area (Å²) in [4.78, 5) is 13.9. The molecule has 2 amide bonds. The minimum absolute atomic E-state index is 0.0391. The van der Waals surface area contributed by atoms with E-state index >= 15 is 0 Å². The van der Waals surface area contributed by atoms with Crippen molar-refractivity contribution in [3.8, 4) is 0 Å². The van der Waals surface area contributed by atoms with Crippen LogP contribution in [0.15, 0.2) is 29.1 Å². The van der Waals surface area contributed by atoms with E-state index in [4.69, 9.17) is 4.42 Å². The number of carbonyl (C=O) groups excluding carboxylic acids is 1. The molecule has 21 heavy (non-hydrogen) atoms. The highest BCUT2D eigenvalue weighted by Crippen LogP contribution is 2.25. The molecule has 1 N–H and O–H groups in total. The van der Waals surface area contributed by atoms with Gasteiger partial charge in [-0.2, -0.15) is 0 Å². The molecule has 2 aromatic heterocycles. The smallest absolute Gasteiger partial charge is 0.317 e. The van der Waals surface area contributed by atoms with Crippen LogP contribution in [0.5, 0.6) is 0 Å². The third-order valence-corrected chi connectivity index (χ3v) is 3.89. The van der Waals surface area contributed by atoms with Crippen LogP contribution in [0.4, 0.5) is 4.79 Å². The van der Waals surface area contributed by atoms with Gasteiger partial charge in [-0.05, 0) is 25.0 Å². The van der Waals surface area contributed by atoms with Crippen molar-refractivity contribution in [1.29, 1.82) is 0 Å². The number of aryl methyl sites for hydroxylation is 1. The highest BCUT2D eigenvalue weighted by atomic mass is 16.3. The van der Waals surface area contributed by atoms with Gasteiger partial charge in [-0.25, -0.2) is 4.79 Å². The highest BCUT2D eigenvalue weighted by Gasteiger charge is 2.26. The zero-order valence-electron chi connectivity index (χ0n) is 12.0. The van der Waals surface area contributed by atoms with Gasteiger partial charge in [-0.15, -0.1) is 10.2 Å². The number of hydrogen-bond donors (Lipinski definition) is 1. The van der Waals surface area contributed by atoms with Gasteiger partial charge in [-0.3, -0.25) is 0 Å². The van der Waals surface area contributed by atoms with Crippen molar-refractivity contribution in [3.05, 3.63) is 36.3 Å². The molecule has 1 aliphatic heterocycles. The average molecular weight is 289 g/mol. The lowest BCUT2D eigenvalue weighted by atomic mass is 9.96. The number of aromatic nitrogens is 3. The van der Waals surface area contributed by atoms with Crippen LogP contribution in [-0.2, 0) is 13.6 Å². The third kappa shape index (κ3) is 3.07. The van der Waals surface area contributed by atoms with Gasteiger partial charge in [0, 0.05) is 26.1 Å². The van der Waals surface area contributed by atoms with Crippen molar-refractivity contribution in [2.24, 2.45) is 7.05 Å². The lowest BCUT2D eigenvalue weighted by Crippen LogP contribution is -2.44. The van der Waals surface area contributed by atoms with E-state index in [0.717, 1.165) is 37.5 Å². The Labute approximate surface area is 122 Å². The van der Waals surface area contributed by atoms with Crippen molar-refractivity contribution < 1.29 is 9.21 Å². The molecule has 0 saturated carbocycles. The number of urea groups is 1. The third-order valence-electron chi connectivity index (χ3n) is 3.89. The van der Waals surface area contributed by atoms with Crippen LogP contribution < -0.4 is 5.32 Å². The van der Waals surface area contributed by atoms with Crippen LogP contribution in [0.1, 0.15) is 30.3 Å². The fraction of sp³-hybridized carbons (Fsp3) is 0.500. The van der Waals surface area contributed by atoms with Crippen LogP contribution in [0.2, 0.25) is 0 Å². The first-order chi connectivity index (χ1) is 10.2. The van der Waals surface area contributed by atoms with Crippen molar-refractivity contribution in [3.63, 3.8) is 0 Å². The summed E-state index contributed by atoms with van der Waals surface area (Å²) in [6.07, 6.45) is 5.16. The number of hydrogen-bond acceptors (Lipinski definition) is 4. The highest BCUT2D eigenvalue weighted by molar-refractivity contribution is 5.74. The maximum Gasteiger partial charge on any atom is 0.317 e. The van der Waals surface area contributed by atoms with E-state index in [1.165, 1.54) is 0 Å². The Bertz CT molecular complexity index is 584. The average Bonchev–Trinajstić information content (AvgIpc) is 3.16. The van der Waals surface area contributed by atoms with E-state index in [1.807, 2.05) is 28.6 Å². The molecule has 0 aromatic carbocycles. The van der Waals surface area contributed by atoms with Crippen molar-refractivity contribution in [2.45, 2.75) is 25.3 Å². The molecular formula is C14H19N5O2. The van der Waals surface area contributed by atoms with Gasteiger partial charge in [0.25, 0.3) is 0 Å². The molecule has 1 aliphatic rings. The largest absolute Gasteiger partial charge is 0.467 e. The van der Waals surface area contributed by atoms with E-state index in [1.54, 1.807) is 12.6 Å². The molecule has 0 atom stereocenters. The first kappa shape index (κ1) is 13.7. The Morgan fingerprint density at radius 1 is 1.48 bits per heavy atom. The molecule has 3 rings (SSSR count). The van der Waals surface area contributed by atoms with Gasteiger partial charge in [0.15, 0.2) is 0 Å². The Hall–Kier alpha value is -2.31. The van der Waals surface area contributed by atoms with Gasteiger partial charge in [-0.1, -0.05) is 0 Å². The second-order valence-electron chi connectivity index (χ2n) is 5.30. The first-order valence-electron chi connectivity index (χ1n) is 7.13. The first-order valence-corrected chi connectivity index (χ1v) is 7.13. The van der Waals surface area contributed by atoms with Crippen LogP contribution in [0.3, 0.4) is 0 Å². The maximum atomic E-state index is 12.1. The zero-order chi connectivity index (χ0) is 14.7. The molecule has 0 radical (unpaired) electrons. The number of amides is 2. The van der Waals surface area contributed by atoms with Crippen molar-refractivity contribution >= 4 is 6.03 Å². The van der Waals surface area contributed by atoms with Gasteiger partial charge in [0.05, 0.1) is 12.8 Å². The lowest BCUT2D eigenvalue weighted by Gasteiger charge is -2.31. The standard InChI is InChI=1S/C14H19N5O2/c1-18-10-16-17-13(18)11-4-6-19(7-5-11)14(20)15-9-12-3-2-8-21-12/h2-3,8,10-11H,4-7,9H2,1H3,(H,15,20). The van der Waals surface area contributed by atoms with E-state index in [0.29, 0.717) is 12.5 Å². The predicted octanol–water partition coefficient (Wildman–Crippen LogP) is 1.50. The van der Waals surface area contributed by atoms with E-state index in [-0.39, 0.29) is 6.03 Å². The Morgan fingerprint density at radius 2 is 2.29 bits per heavy atom. The number of piperidine rings is 1. The molecule has 3 heterocycles. The summed E-state index contributed by atoms with van der Waals surface area (Å²) in [6.45, 7) is 1.90. The van der Waals surface area contributed by atoms with Gasteiger partial charge in [0.2, 0.25) is 0 Å². The van der Waals surface area contributed by atoms with Crippen molar-refractivity contribution in [1.82, 2.24) is 25.0 Å².